The molecular formula is C24H38O3. The molecule has 1 aromatic rings. The van der Waals surface area contributed by atoms with Crippen molar-refractivity contribution in [1.82, 2.24) is 0 Å². The second-order valence-electron chi connectivity index (χ2n) is 8.07. The summed E-state index contributed by atoms with van der Waals surface area (Å²) in [5.41, 5.74) is 0.767. The van der Waals surface area contributed by atoms with Crippen LogP contribution in [0, 0.1) is 0 Å². The topological polar surface area (TPSA) is 35.5 Å². The zero-order valence-electron chi connectivity index (χ0n) is 17.2. The Labute approximate surface area is 165 Å². The van der Waals surface area contributed by atoms with Crippen LogP contribution in [0.5, 0.6) is 0 Å². The van der Waals surface area contributed by atoms with Crippen LogP contribution < -0.4 is 0 Å². The summed E-state index contributed by atoms with van der Waals surface area (Å²) in [6.07, 6.45) is 15.1. The van der Waals surface area contributed by atoms with Gasteiger partial charge in [-0.15, -0.1) is 0 Å². The fourth-order valence-corrected chi connectivity index (χ4v) is 3.94. The molecule has 0 saturated carbocycles. The second kappa shape index (κ2) is 12.9. The van der Waals surface area contributed by atoms with Crippen LogP contribution in [0.1, 0.15) is 96.0 Å². The zero-order chi connectivity index (χ0) is 19.2. The predicted octanol–water partition coefficient (Wildman–Crippen LogP) is 6.59. The van der Waals surface area contributed by atoms with Crippen LogP contribution in [0.15, 0.2) is 30.3 Å². The molecule has 1 saturated heterocycles. The summed E-state index contributed by atoms with van der Waals surface area (Å²) < 4.78 is 11.8. The largest absolute Gasteiger partial charge is 0.457 e. The van der Waals surface area contributed by atoms with Crippen molar-refractivity contribution < 1.29 is 14.3 Å². The Morgan fingerprint density at radius 3 is 2.30 bits per heavy atom. The predicted molar refractivity (Wildman–Crippen MR) is 111 cm³/mol. The van der Waals surface area contributed by atoms with Crippen LogP contribution in [-0.4, -0.2) is 18.2 Å². The Morgan fingerprint density at radius 1 is 0.963 bits per heavy atom. The molecule has 1 heterocycles. The maximum Gasteiger partial charge on any atom is 0.306 e. The van der Waals surface area contributed by atoms with Crippen LogP contribution in [0.25, 0.3) is 0 Å². The van der Waals surface area contributed by atoms with E-state index in [9.17, 15) is 4.79 Å². The van der Waals surface area contributed by atoms with Crippen LogP contribution >= 0.6 is 0 Å². The zero-order valence-corrected chi connectivity index (χ0v) is 17.2. The number of ether oxygens (including phenoxy) is 2. The molecule has 0 aromatic heterocycles. The normalized spacial score (nSPS) is 19.8. The number of esters is 1. The molecule has 1 aliphatic heterocycles. The fourth-order valence-electron chi connectivity index (χ4n) is 3.94. The highest BCUT2D eigenvalue weighted by atomic mass is 16.6. The first-order chi connectivity index (χ1) is 13.2. The van der Waals surface area contributed by atoms with Crippen molar-refractivity contribution in [3.05, 3.63) is 35.9 Å². The highest BCUT2D eigenvalue weighted by Gasteiger charge is 2.37. The van der Waals surface area contributed by atoms with Gasteiger partial charge in [-0.3, -0.25) is 4.79 Å². The van der Waals surface area contributed by atoms with Gasteiger partial charge in [0.15, 0.2) is 0 Å². The van der Waals surface area contributed by atoms with Crippen molar-refractivity contribution >= 4 is 5.97 Å². The molecule has 0 amide bonds. The first-order valence-electron chi connectivity index (χ1n) is 11.1. The monoisotopic (exact) mass is 374 g/mol. The second-order valence-corrected chi connectivity index (χ2v) is 8.07. The molecule has 1 fully saturated rings. The third-order valence-electron chi connectivity index (χ3n) is 5.56. The minimum absolute atomic E-state index is 0.0551. The van der Waals surface area contributed by atoms with Gasteiger partial charge >= 0.3 is 5.97 Å². The lowest BCUT2D eigenvalue weighted by molar-refractivity contribution is -0.177. The molecule has 1 atom stereocenters. The van der Waals surface area contributed by atoms with Crippen molar-refractivity contribution in [1.29, 1.82) is 0 Å². The van der Waals surface area contributed by atoms with Gasteiger partial charge < -0.3 is 9.47 Å². The first-order valence-corrected chi connectivity index (χ1v) is 11.1. The van der Waals surface area contributed by atoms with E-state index in [2.05, 4.69) is 19.1 Å². The molecule has 0 bridgehead atoms. The van der Waals surface area contributed by atoms with E-state index in [-0.39, 0.29) is 5.97 Å². The first kappa shape index (κ1) is 21.9. The average molecular weight is 375 g/mol. The number of carbonyl (C=O) groups excluding carboxylic acids is 1. The molecule has 27 heavy (non-hydrogen) atoms. The van der Waals surface area contributed by atoms with Gasteiger partial charge in [0.2, 0.25) is 0 Å². The van der Waals surface area contributed by atoms with Crippen LogP contribution in [-0.2, 0) is 20.9 Å². The van der Waals surface area contributed by atoms with Crippen molar-refractivity contribution in [3.63, 3.8) is 0 Å². The molecule has 1 aromatic carbocycles. The van der Waals surface area contributed by atoms with Gasteiger partial charge in [0, 0.05) is 6.42 Å². The Kier molecular flexibility index (Phi) is 10.5. The minimum atomic E-state index is -0.398. The summed E-state index contributed by atoms with van der Waals surface area (Å²) in [6, 6.07) is 10.2. The molecule has 0 N–H and O–H groups in total. The standard InChI is InChI=1S/C24H38O3/c1-2-3-4-5-6-7-8-9-13-18-24(19-14-17-23(25)27-24)21-26-20-22-15-11-10-12-16-22/h10-12,15-16H,2-9,13-14,17-21H2,1H3/t24-/m1/s1. The molecule has 0 unspecified atom stereocenters. The SMILES string of the molecule is CCCCCCCCCCC[C@]1(COCc2ccccc2)CCCC(=O)O1. The smallest absolute Gasteiger partial charge is 0.306 e. The van der Waals surface area contributed by atoms with Crippen LogP contribution in [0.4, 0.5) is 0 Å². The molecule has 2 rings (SSSR count). The number of unbranched alkanes of at least 4 members (excludes halogenated alkanes) is 8. The van der Waals surface area contributed by atoms with Gasteiger partial charge in [-0.1, -0.05) is 88.6 Å². The Morgan fingerprint density at radius 2 is 1.63 bits per heavy atom. The fraction of sp³-hybridized carbons (Fsp3) is 0.708. The van der Waals surface area contributed by atoms with Gasteiger partial charge in [-0.2, -0.15) is 0 Å². The Balaban J connectivity index is 1.67. The Bertz CT molecular complexity index is 514. The summed E-state index contributed by atoms with van der Waals surface area (Å²) in [4.78, 5) is 11.9. The maximum atomic E-state index is 11.9. The van der Waals surface area contributed by atoms with Crippen molar-refractivity contribution in [2.75, 3.05) is 6.61 Å². The molecule has 0 spiro atoms. The quantitative estimate of drug-likeness (QED) is 0.272. The lowest BCUT2D eigenvalue weighted by atomic mass is 9.88. The number of hydrogen-bond acceptors (Lipinski definition) is 3. The molecule has 1 aliphatic rings. The van der Waals surface area contributed by atoms with Gasteiger partial charge in [0.1, 0.15) is 5.60 Å². The third kappa shape index (κ3) is 8.92. The van der Waals surface area contributed by atoms with E-state index in [0.717, 1.165) is 31.2 Å². The number of benzene rings is 1. The van der Waals surface area contributed by atoms with E-state index >= 15 is 0 Å². The van der Waals surface area contributed by atoms with E-state index in [1.807, 2.05) is 18.2 Å². The lowest BCUT2D eigenvalue weighted by Crippen LogP contribution is -2.43. The van der Waals surface area contributed by atoms with Crippen molar-refractivity contribution in [3.8, 4) is 0 Å². The minimum Gasteiger partial charge on any atom is -0.457 e. The average Bonchev–Trinajstić information content (AvgIpc) is 2.68. The van der Waals surface area contributed by atoms with Crippen LogP contribution in [0.2, 0.25) is 0 Å². The summed E-state index contributed by atoms with van der Waals surface area (Å²) in [7, 11) is 0. The molecule has 0 radical (unpaired) electrons. The van der Waals surface area contributed by atoms with E-state index in [1.165, 1.54) is 51.4 Å². The molecule has 3 heteroatoms. The summed E-state index contributed by atoms with van der Waals surface area (Å²) >= 11 is 0. The molecular weight excluding hydrogens is 336 g/mol. The van der Waals surface area contributed by atoms with E-state index in [1.54, 1.807) is 0 Å². The summed E-state index contributed by atoms with van der Waals surface area (Å²) in [6.45, 7) is 3.36. The highest BCUT2D eigenvalue weighted by Crippen LogP contribution is 2.32. The molecule has 152 valence electrons. The van der Waals surface area contributed by atoms with Gasteiger partial charge in [-0.25, -0.2) is 0 Å². The van der Waals surface area contributed by atoms with Crippen molar-refractivity contribution in [2.45, 2.75) is 103 Å². The number of hydrogen-bond donors (Lipinski definition) is 0. The van der Waals surface area contributed by atoms with Gasteiger partial charge in [-0.05, 0) is 31.2 Å². The van der Waals surface area contributed by atoms with Gasteiger partial charge in [0.25, 0.3) is 0 Å². The highest BCUT2D eigenvalue weighted by molar-refractivity contribution is 5.70. The number of rotatable bonds is 14. The van der Waals surface area contributed by atoms with Crippen LogP contribution in [0.3, 0.4) is 0 Å². The van der Waals surface area contributed by atoms with Crippen molar-refractivity contribution in [2.24, 2.45) is 0 Å². The Hall–Kier alpha value is -1.35. The summed E-state index contributed by atoms with van der Waals surface area (Å²) in [5.74, 6) is -0.0551. The number of cyclic esters (lactones) is 1. The lowest BCUT2D eigenvalue weighted by Gasteiger charge is -2.36. The molecule has 3 nitrogen and oxygen atoms in total. The number of carbonyl (C=O) groups is 1. The van der Waals surface area contributed by atoms with E-state index < -0.39 is 5.60 Å². The third-order valence-corrected chi connectivity index (χ3v) is 5.56. The molecule has 0 aliphatic carbocycles. The van der Waals surface area contributed by atoms with E-state index in [4.69, 9.17) is 9.47 Å². The van der Waals surface area contributed by atoms with Gasteiger partial charge in [0.05, 0.1) is 13.2 Å². The maximum absolute atomic E-state index is 11.9. The van der Waals surface area contributed by atoms with E-state index in [0.29, 0.717) is 19.6 Å². The summed E-state index contributed by atoms with van der Waals surface area (Å²) in [5, 5.41) is 0.